The van der Waals surface area contributed by atoms with Crippen LogP contribution >= 0.6 is 11.3 Å². The molecule has 1 unspecified atom stereocenters. The Balaban J connectivity index is 2.23. The van der Waals surface area contributed by atoms with E-state index < -0.39 is 0 Å². The SMILES string of the molecule is CCNc1nc2ccc(C(=O)OC(C)CC)cc2s1. The number of thiazole rings is 1. The molecular formula is C14H18N2O2S. The summed E-state index contributed by atoms with van der Waals surface area (Å²) in [6.07, 6.45) is 0.765. The Labute approximate surface area is 116 Å². The highest BCUT2D eigenvalue weighted by atomic mass is 32.1. The second kappa shape index (κ2) is 6.02. The molecule has 2 rings (SSSR count). The number of anilines is 1. The summed E-state index contributed by atoms with van der Waals surface area (Å²) < 4.78 is 6.31. The van der Waals surface area contributed by atoms with Crippen LogP contribution in [0.25, 0.3) is 10.2 Å². The first-order valence-corrected chi connectivity index (χ1v) is 7.31. The Bertz CT molecular complexity index is 580. The molecule has 0 spiro atoms. The van der Waals surface area contributed by atoms with Gasteiger partial charge in [-0.15, -0.1) is 0 Å². The van der Waals surface area contributed by atoms with Crippen molar-refractivity contribution < 1.29 is 9.53 Å². The summed E-state index contributed by atoms with van der Waals surface area (Å²) in [7, 11) is 0. The summed E-state index contributed by atoms with van der Waals surface area (Å²) >= 11 is 1.55. The number of hydrogen-bond donors (Lipinski definition) is 1. The van der Waals surface area contributed by atoms with E-state index in [1.54, 1.807) is 17.4 Å². The maximum atomic E-state index is 11.9. The zero-order valence-electron chi connectivity index (χ0n) is 11.4. The van der Waals surface area contributed by atoms with E-state index in [2.05, 4.69) is 10.3 Å². The van der Waals surface area contributed by atoms with Crippen molar-refractivity contribution in [2.24, 2.45) is 0 Å². The second-order valence-corrected chi connectivity index (χ2v) is 5.39. The largest absolute Gasteiger partial charge is 0.459 e. The summed E-state index contributed by atoms with van der Waals surface area (Å²) in [5.74, 6) is -0.269. The average Bonchev–Trinajstić information content (AvgIpc) is 2.80. The molecule has 5 heteroatoms. The zero-order chi connectivity index (χ0) is 13.8. The van der Waals surface area contributed by atoms with E-state index in [0.717, 1.165) is 28.3 Å². The Hall–Kier alpha value is -1.62. The number of benzene rings is 1. The number of fused-ring (bicyclic) bond motifs is 1. The van der Waals surface area contributed by atoms with Gasteiger partial charge in [-0.05, 0) is 38.5 Å². The predicted octanol–water partition coefficient (Wildman–Crippen LogP) is 3.68. The van der Waals surface area contributed by atoms with E-state index in [1.807, 2.05) is 32.9 Å². The number of rotatable bonds is 5. The number of carbonyl (C=O) groups is 1. The van der Waals surface area contributed by atoms with E-state index in [1.165, 1.54) is 0 Å². The van der Waals surface area contributed by atoms with Crippen LogP contribution in [-0.2, 0) is 4.74 Å². The van der Waals surface area contributed by atoms with E-state index in [4.69, 9.17) is 4.74 Å². The van der Waals surface area contributed by atoms with Crippen LogP contribution in [0.2, 0.25) is 0 Å². The molecule has 4 nitrogen and oxygen atoms in total. The van der Waals surface area contributed by atoms with Gasteiger partial charge in [0.25, 0.3) is 0 Å². The summed E-state index contributed by atoms with van der Waals surface area (Å²) in [5.41, 5.74) is 1.49. The van der Waals surface area contributed by atoms with Gasteiger partial charge in [0.15, 0.2) is 5.13 Å². The molecule has 19 heavy (non-hydrogen) atoms. The van der Waals surface area contributed by atoms with Crippen LogP contribution in [0.5, 0.6) is 0 Å². The van der Waals surface area contributed by atoms with Crippen molar-refractivity contribution in [1.82, 2.24) is 4.98 Å². The first-order valence-electron chi connectivity index (χ1n) is 6.49. The van der Waals surface area contributed by atoms with Crippen molar-refractivity contribution in [2.45, 2.75) is 33.3 Å². The maximum Gasteiger partial charge on any atom is 0.338 e. The Morgan fingerprint density at radius 2 is 2.26 bits per heavy atom. The fourth-order valence-electron chi connectivity index (χ4n) is 1.61. The van der Waals surface area contributed by atoms with Crippen LogP contribution in [0.3, 0.4) is 0 Å². The fraction of sp³-hybridized carbons (Fsp3) is 0.429. The highest BCUT2D eigenvalue weighted by Gasteiger charge is 2.12. The molecular weight excluding hydrogens is 260 g/mol. The fourth-order valence-corrected chi connectivity index (χ4v) is 2.59. The van der Waals surface area contributed by atoms with E-state index in [-0.39, 0.29) is 12.1 Å². The van der Waals surface area contributed by atoms with Crippen molar-refractivity contribution in [2.75, 3.05) is 11.9 Å². The second-order valence-electron chi connectivity index (χ2n) is 4.36. The number of nitrogens with one attached hydrogen (secondary N) is 1. The van der Waals surface area contributed by atoms with Crippen molar-refractivity contribution in [1.29, 1.82) is 0 Å². The van der Waals surface area contributed by atoms with Crippen LogP contribution in [0.4, 0.5) is 5.13 Å². The lowest BCUT2D eigenvalue weighted by atomic mass is 10.2. The predicted molar refractivity (Wildman–Crippen MR) is 79.0 cm³/mol. The third kappa shape index (κ3) is 3.23. The van der Waals surface area contributed by atoms with Crippen molar-refractivity contribution in [3.63, 3.8) is 0 Å². The first kappa shape index (κ1) is 13.8. The minimum absolute atomic E-state index is 0.0537. The molecule has 0 bridgehead atoms. The molecule has 1 heterocycles. The zero-order valence-corrected chi connectivity index (χ0v) is 12.2. The molecule has 1 aromatic heterocycles. The van der Waals surface area contributed by atoms with Gasteiger partial charge in [-0.2, -0.15) is 0 Å². The molecule has 0 aliphatic rings. The summed E-state index contributed by atoms with van der Waals surface area (Å²) in [6, 6.07) is 5.47. The maximum absolute atomic E-state index is 11.9. The van der Waals surface area contributed by atoms with Crippen LogP contribution < -0.4 is 5.32 Å². The minimum atomic E-state index is -0.269. The standard InChI is InChI=1S/C14H18N2O2S/c1-4-9(3)18-13(17)10-6-7-11-12(8-10)19-14(16-11)15-5-2/h6-9H,4-5H2,1-3H3,(H,15,16). The first-order chi connectivity index (χ1) is 9.13. The molecule has 0 saturated carbocycles. The van der Waals surface area contributed by atoms with Gasteiger partial charge >= 0.3 is 5.97 Å². The summed E-state index contributed by atoms with van der Waals surface area (Å²) in [6.45, 7) is 6.75. The number of ether oxygens (including phenoxy) is 1. The highest BCUT2D eigenvalue weighted by molar-refractivity contribution is 7.22. The van der Waals surface area contributed by atoms with Gasteiger partial charge in [0.2, 0.25) is 0 Å². The molecule has 2 aromatic rings. The van der Waals surface area contributed by atoms with E-state index in [9.17, 15) is 4.79 Å². The van der Waals surface area contributed by atoms with Crippen LogP contribution in [0.1, 0.15) is 37.6 Å². The van der Waals surface area contributed by atoms with Crippen LogP contribution in [0.15, 0.2) is 18.2 Å². The van der Waals surface area contributed by atoms with Gasteiger partial charge < -0.3 is 10.1 Å². The molecule has 0 amide bonds. The highest BCUT2D eigenvalue weighted by Crippen LogP contribution is 2.27. The third-order valence-corrected chi connectivity index (χ3v) is 3.81. The molecule has 1 atom stereocenters. The lowest BCUT2D eigenvalue weighted by Crippen LogP contribution is -2.13. The minimum Gasteiger partial charge on any atom is -0.459 e. The van der Waals surface area contributed by atoms with Gasteiger partial charge in [-0.1, -0.05) is 18.3 Å². The van der Waals surface area contributed by atoms with Crippen LogP contribution in [0, 0.1) is 0 Å². The lowest BCUT2D eigenvalue weighted by molar-refractivity contribution is 0.0335. The molecule has 0 saturated heterocycles. The van der Waals surface area contributed by atoms with E-state index >= 15 is 0 Å². The number of esters is 1. The van der Waals surface area contributed by atoms with Gasteiger partial charge in [0.05, 0.1) is 21.9 Å². The molecule has 1 N–H and O–H groups in total. The van der Waals surface area contributed by atoms with E-state index in [0.29, 0.717) is 5.56 Å². The monoisotopic (exact) mass is 278 g/mol. The van der Waals surface area contributed by atoms with Gasteiger partial charge in [-0.3, -0.25) is 0 Å². The Morgan fingerprint density at radius 1 is 1.47 bits per heavy atom. The van der Waals surface area contributed by atoms with Gasteiger partial charge in [0.1, 0.15) is 0 Å². The smallest absolute Gasteiger partial charge is 0.338 e. The van der Waals surface area contributed by atoms with Crippen molar-refractivity contribution >= 4 is 32.7 Å². The Kier molecular flexibility index (Phi) is 4.37. The molecule has 0 aliphatic heterocycles. The third-order valence-electron chi connectivity index (χ3n) is 2.84. The van der Waals surface area contributed by atoms with Gasteiger partial charge in [0, 0.05) is 6.54 Å². The molecule has 1 aromatic carbocycles. The quantitative estimate of drug-likeness (QED) is 0.848. The van der Waals surface area contributed by atoms with Crippen molar-refractivity contribution in [3.05, 3.63) is 23.8 Å². The number of carbonyl (C=O) groups excluding carboxylic acids is 1. The normalized spacial score (nSPS) is 12.4. The number of nitrogens with zero attached hydrogens (tertiary/aromatic N) is 1. The molecule has 102 valence electrons. The Morgan fingerprint density at radius 3 is 2.95 bits per heavy atom. The van der Waals surface area contributed by atoms with Crippen LogP contribution in [-0.4, -0.2) is 23.6 Å². The molecule has 0 fully saturated rings. The molecule has 0 radical (unpaired) electrons. The topological polar surface area (TPSA) is 51.2 Å². The van der Waals surface area contributed by atoms with Gasteiger partial charge in [-0.25, -0.2) is 9.78 Å². The number of aromatic nitrogens is 1. The molecule has 0 aliphatic carbocycles. The summed E-state index contributed by atoms with van der Waals surface area (Å²) in [5, 5.41) is 4.06. The lowest BCUT2D eigenvalue weighted by Gasteiger charge is -2.10. The summed E-state index contributed by atoms with van der Waals surface area (Å²) in [4.78, 5) is 16.4. The van der Waals surface area contributed by atoms with Crippen molar-refractivity contribution in [3.8, 4) is 0 Å². The number of hydrogen-bond acceptors (Lipinski definition) is 5. The average molecular weight is 278 g/mol.